The fourth-order valence-electron chi connectivity index (χ4n) is 3.85. The van der Waals surface area contributed by atoms with Crippen LogP contribution in [0, 0.1) is 6.92 Å². The number of pyridine rings is 1. The van der Waals surface area contributed by atoms with Gasteiger partial charge in [-0.05, 0) is 62.6 Å². The van der Waals surface area contributed by atoms with Crippen molar-refractivity contribution in [2.24, 2.45) is 0 Å². The summed E-state index contributed by atoms with van der Waals surface area (Å²) < 4.78 is 51.2. The minimum absolute atomic E-state index is 0.111. The molecule has 0 N–H and O–H groups in total. The van der Waals surface area contributed by atoms with E-state index in [0.29, 0.717) is 37.4 Å². The molecule has 2 aromatic rings. The lowest BCUT2D eigenvalue weighted by molar-refractivity contribution is -0.137. The van der Waals surface area contributed by atoms with Gasteiger partial charge in [0.2, 0.25) is 5.91 Å². The molecule has 9 heteroatoms. The largest absolute Gasteiger partial charge is 0.501 e. The molecule has 1 atom stereocenters. The standard InChI is InChI=1S/C24H28F3N3O3/c1-5-33-12-10-18-14-17(24(25,26)27)15-22(28-18)30-11-6-7-19(30)23(31)29(3)20-13-16(2)8-9-21(20)32-4/h8-10,12-15,19H,5-7,11H2,1-4H3/b12-10+/t19-/m0/s1. The van der Waals surface area contributed by atoms with Crippen LogP contribution in [-0.4, -0.2) is 44.2 Å². The average molecular weight is 464 g/mol. The van der Waals surface area contributed by atoms with Crippen molar-refractivity contribution >= 4 is 23.5 Å². The molecule has 178 valence electrons. The molecule has 33 heavy (non-hydrogen) atoms. The highest BCUT2D eigenvalue weighted by Gasteiger charge is 2.37. The van der Waals surface area contributed by atoms with Crippen LogP contribution in [-0.2, 0) is 15.7 Å². The Labute approximate surface area is 191 Å². The smallest absolute Gasteiger partial charge is 0.416 e. The van der Waals surface area contributed by atoms with Crippen molar-refractivity contribution in [3.63, 3.8) is 0 Å². The Balaban J connectivity index is 1.95. The Bertz CT molecular complexity index is 1020. The summed E-state index contributed by atoms with van der Waals surface area (Å²) in [5.74, 6) is 0.421. The van der Waals surface area contributed by atoms with Gasteiger partial charge in [0.05, 0.1) is 36.9 Å². The molecule has 0 spiro atoms. The molecule has 0 unspecified atom stereocenters. The molecule has 0 radical (unpaired) electrons. The number of carbonyl (C=O) groups excluding carboxylic acids is 1. The van der Waals surface area contributed by atoms with Crippen molar-refractivity contribution in [1.29, 1.82) is 0 Å². The molecule has 1 saturated heterocycles. The zero-order chi connectivity index (χ0) is 24.2. The number of benzene rings is 1. The first-order valence-electron chi connectivity index (χ1n) is 10.7. The number of carbonyl (C=O) groups is 1. The van der Waals surface area contributed by atoms with E-state index in [1.54, 1.807) is 24.9 Å². The number of halogens is 3. The van der Waals surface area contributed by atoms with E-state index in [2.05, 4.69) is 4.98 Å². The van der Waals surface area contributed by atoms with Crippen LogP contribution in [0.5, 0.6) is 5.75 Å². The van der Waals surface area contributed by atoms with Crippen LogP contribution in [0.4, 0.5) is 24.7 Å². The van der Waals surface area contributed by atoms with Crippen LogP contribution >= 0.6 is 0 Å². The van der Waals surface area contributed by atoms with Gasteiger partial charge in [-0.15, -0.1) is 0 Å². The molecule has 1 aliphatic heterocycles. The zero-order valence-corrected chi connectivity index (χ0v) is 19.1. The first-order chi connectivity index (χ1) is 15.7. The molecule has 3 rings (SSSR count). The summed E-state index contributed by atoms with van der Waals surface area (Å²) in [6.45, 7) is 4.50. The fourth-order valence-corrected chi connectivity index (χ4v) is 3.85. The van der Waals surface area contributed by atoms with E-state index >= 15 is 0 Å². The third-order valence-electron chi connectivity index (χ3n) is 5.52. The van der Waals surface area contributed by atoms with E-state index < -0.39 is 17.8 Å². The minimum atomic E-state index is -4.54. The number of alkyl halides is 3. The topological polar surface area (TPSA) is 54.9 Å². The molecular weight excluding hydrogens is 435 g/mol. The summed E-state index contributed by atoms with van der Waals surface area (Å²) in [6, 6.07) is 6.83. The predicted octanol–water partition coefficient (Wildman–Crippen LogP) is 5.06. The van der Waals surface area contributed by atoms with Gasteiger partial charge in [0, 0.05) is 13.6 Å². The van der Waals surface area contributed by atoms with Crippen LogP contribution < -0.4 is 14.5 Å². The Morgan fingerprint density at radius 1 is 1.30 bits per heavy atom. The van der Waals surface area contributed by atoms with Crippen molar-refractivity contribution < 1.29 is 27.4 Å². The maximum absolute atomic E-state index is 13.6. The second kappa shape index (κ2) is 10.1. The van der Waals surface area contributed by atoms with Gasteiger partial charge in [0.15, 0.2) is 0 Å². The number of aromatic nitrogens is 1. The van der Waals surface area contributed by atoms with Gasteiger partial charge in [-0.3, -0.25) is 4.79 Å². The maximum atomic E-state index is 13.6. The third kappa shape index (κ3) is 5.58. The lowest BCUT2D eigenvalue weighted by atomic mass is 10.1. The molecule has 0 bridgehead atoms. The van der Waals surface area contributed by atoms with Gasteiger partial charge in [-0.2, -0.15) is 13.2 Å². The van der Waals surface area contributed by atoms with Crippen LogP contribution in [0.15, 0.2) is 36.6 Å². The second-order valence-corrected chi connectivity index (χ2v) is 7.82. The minimum Gasteiger partial charge on any atom is -0.501 e. The average Bonchev–Trinajstić information content (AvgIpc) is 3.27. The van der Waals surface area contributed by atoms with E-state index in [9.17, 15) is 18.0 Å². The van der Waals surface area contributed by atoms with Gasteiger partial charge in [0.25, 0.3) is 0 Å². The van der Waals surface area contributed by atoms with Crippen LogP contribution in [0.2, 0.25) is 0 Å². The summed E-state index contributed by atoms with van der Waals surface area (Å²) in [5.41, 5.74) is 0.848. The number of hydrogen-bond donors (Lipinski definition) is 0. The van der Waals surface area contributed by atoms with Gasteiger partial charge >= 0.3 is 6.18 Å². The summed E-state index contributed by atoms with van der Waals surface area (Å²) in [7, 11) is 3.17. The lowest BCUT2D eigenvalue weighted by Gasteiger charge is -2.30. The normalized spacial score (nSPS) is 16.3. The van der Waals surface area contributed by atoms with Crippen LogP contribution in [0.1, 0.15) is 36.6 Å². The van der Waals surface area contributed by atoms with E-state index in [4.69, 9.17) is 9.47 Å². The van der Waals surface area contributed by atoms with Crippen molar-refractivity contribution in [2.45, 2.75) is 38.9 Å². The molecule has 6 nitrogen and oxygen atoms in total. The number of methoxy groups -OCH3 is 1. The maximum Gasteiger partial charge on any atom is 0.416 e. The number of ether oxygens (including phenoxy) is 2. The molecule has 1 amide bonds. The Morgan fingerprint density at radius 2 is 2.06 bits per heavy atom. The number of rotatable bonds is 7. The number of likely N-dealkylation sites (N-methyl/N-ethyl adjacent to an activating group) is 1. The van der Waals surface area contributed by atoms with Crippen molar-refractivity contribution in [2.75, 3.05) is 37.1 Å². The van der Waals surface area contributed by atoms with Crippen molar-refractivity contribution in [1.82, 2.24) is 4.98 Å². The monoisotopic (exact) mass is 463 g/mol. The van der Waals surface area contributed by atoms with E-state index in [-0.39, 0.29) is 17.4 Å². The molecular formula is C24H28F3N3O3. The van der Waals surface area contributed by atoms with Crippen molar-refractivity contribution in [3.8, 4) is 5.75 Å². The van der Waals surface area contributed by atoms with Gasteiger partial charge in [-0.25, -0.2) is 4.98 Å². The molecule has 1 aliphatic rings. The van der Waals surface area contributed by atoms with E-state index in [1.165, 1.54) is 24.3 Å². The Morgan fingerprint density at radius 3 is 2.73 bits per heavy atom. The third-order valence-corrected chi connectivity index (χ3v) is 5.52. The number of hydrogen-bond acceptors (Lipinski definition) is 5. The SMILES string of the molecule is CCO/C=C/c1cc(C(F)(F)F)cc(N2CCC[C@H]2C(=O)N(C)c2cc(C)ccc2OC)n1. The highest BCUT2D eigenvalue weighted by molar-refractivity contribution is 6.00. The lowest BCUT2D eigenvalue weighted by Crippen LogP contribution is -2.45. The molecule has 0 aliphatic carbocycles. The number of amides is 1. The Kier molecular flexibility index (Phi) is 7.50. The summed E-state index contributed by atoms with van der Waals surface area (Å²) in [4.78, 5) is 21.0. The zero-order valence-electron chi connectivity index (χ0n) is 19.1. The summed E-state index contributed by atoms with van der Waals surface area (Å²) in [5, 5.41) is 0. The van der Waals surface area contributed by atoms with Crippen LogP contribution in [0.3, 0.4) is 0 Å². The summed E-state index contributed by atoms with van der Waals surface area (Å²) in [6.07, 6.45) is -0.664. The molecule has 1 aromatic heterocycles. The fraction of sp³-hybridized carbons (Fsp3) is 0.417. The molecule has 1 fully saturated rings. The first-order valence-corrected chi connectivity index (χ1v) is 10.7. The molecule has 2 heterocycles. The highest BCUT2D eigenvalue weighted by atomic mass is 19.4. The number of aryl methyl sites for hydroxylation is 1. The number of anilines is 2. The molecule has 0 saturated carbocycles. The van der Waals surface area contributed by atoms with Crippen LogP contribution in [0.25, 0.3) is 6.08 Å². The Hall–Kier alpha value is -3.23. The van der Waals surface area contributed by atoms with Gasteiger partial charge in [-0.1, -0.05) is 6.07 Å². The summed E-state index contributed by atoms with van der Waals surface area (Å²) >= 11 is 0. The van der Waals surface area contributed by atoms with E-state index in [0.717, 1.165) is 17.7 Å². The van der Waals surface area contributed by atoms with Gasteiger partial charge in [0.1, 0.15) is 17.6 Å². The van der Waals surface area contributed by atoms with Crippen molar-refractivity contribution in [3.05, 3.63) is 53.4 Å². The predicted molar refractivity (Wildman–Crippen MR) is 121 cm³/mol. The van der Waals surface area contributed by atoms with E-state index in [1.807, 2.05) is 19.1 Å². The second-order valence-electron chi connectivity index (χ2n) is 7.82. The number of nitrogens with zero attached hydrogens (tertiary/aromatic N) is 3. The highest BCUT2D eigenvalue weighted by Crippen LogP contribution is 2.35. The van der Waals surface area contributed by atoms with Gasteiger partial charge < -0.3 is 19.3 Å². The molecule has 1 aromatic carbocycles. The first kappa shape index (κ1) is 24.4. The quantitative estimate of drug-likeness (QED) is 0.538.